The van der Waals surface area contributed by atoms with Crippen LogP contribution in [0, 0.1) is 5.92 Å². The predicted octanol–water partition coefficient (Wildman–Crippen LogP) is 6.45. The van der Waals surface area contributed by atoms with E-state index in [1.165, 1.54) is 0 Å². The van der Waals surface area contributed by atoms with Crippen LogP contribution in [-0.4, -0.2) is 45.8 Å². The van der Waals surface area contributed by atoms with Gasteiger partial charge in [-0.15, -0.1) is 0 Å². The molecule has 4 rings (SSSR count). The fourth-order valence-corrected chi connectivity index (χ4v) is 4.54. The minimum absolute atomic E-state index is 0.241. The van der Waals surface area contributed by atoms with Crippen LogP contribution in [-0.2, 0) is 11.3 Å². The Morgan fingerprint density at radius 1 is 1.21 bits per heavy atom. The molecule has 0 spiro atoms. The van der Waals surface area contributed by atoms with Crippen molar-refractivity contribution in [3.63, 3.8) is 0 Å². The van der Waals surface area contributed by atoms with Crippen molar-refractivity contribution >= 4 is 46.3 Å². The van der Waals surface area contributed by atoms with Gasteiger partial charge in [0.05, 0.1) is 17.6 Å². The number of hydrogen-bond acceptors (Lipinski definition) is 4. The Morgan fingerprint density at radius 2 is 2.00 bits per heavy atom. The zero-order valence-corrected chi connectivity index (χ0v) is 20.8. The summed E-state index contributed by atoms with van der Waals surface area (Å²) in [4.78, 5) is 19.1. The molecule has 2 heterocycles. The Labute approximate surface area is 204 Å². The molecule has 0 radical (unpaired) electrons. The minimum Gasteiger partial charge on any atom is -0.444 e. The van der Waals surface area contributed by atoms with Crippen LogP contribution in [0.5, 0.6) is 0 Å². The lowest BCUT2D eigenvalue weighted by Crippen LogP contribution is -2.44. The summed E-state index contributed by atoms with van der Waals surface area (Å²) in [7, 11) is 0. The van der Waals surface area contributed by atoms with Gasteiger partial charge in [0.2, 0.25) is 5.95 Å². The Morgan fingerprint density at radius 3 is 2.79 bits per heavy atom. The number of ether oxygens (including phenoxy) is 1. The number of rotatable bonds is 5. The third kappa shape index (κ3) is 5.92. The number of nitrogens with one attached hydrogen (secondary N) is 1. The first kappa shape index (κ1) is 23.7. The molecule has 1 N–H and O–H groups in total. The second-order valence-corrected chi connectivity index (χ2v) is 10.4. The molecule has 6 nitrogen and oxygen atoms in total. The van der Waals surface area contributed by atoms with Gasteiger partial charge in [-0.2, -0.15) is 0 Å². The molecular weight excluding hydrogens is 459 g/mol. The smallest absolute Gasteiger partial charge is 0.410 e. The van der Waals surface area contributed by atoms with Crippen molar-refractivity contribution in [2.45, 2.75) is 45.8 Å². The number of hydrogen-bond donors (Lipinski definition) is 1. The molecule has 3 aromatic rings. The zero-order chi connectivity index (χ0) is 23.6. The number of anilines is 1. The number of amides is 1. The maximum absolute atomic E-state index is 12.5. The van der Waals surface area contributed by atoms with Gasteiger partial charge in [-0.3, -0.25) is 0 Å². The van der Waals surface area contributed by atoms with E-state index >= 15 is 0 Å². The third-order valence-electron chi connectivity index (χ3n) is 5.71. The average Bonchev–Trinajstić information content (AvgIpc) is 3.11. The van der Waals surface area contributed by atoms with Crippen molar-refractivity contribution in [2.75, 3.05) is 25.0 Å². The number of para-hydroxylation sites is 2. The molecule has 176 valence electrons. The number of aromatic nitrogens is 2. The normalized spacial score (nSPS) is 16.8. The van der Waals surface area contributed by atoms with Crippen LogP contribution in [0.4, 0.5) is 10.7 Å². The molecule has 1 amide bonds. The SMILES string of the molecule is CC(C)(C)OC(=O)N1CCC[C@@H](CNc2nc3ccccc3n2Cc2cc(Cl)ccc2Cl)C1. The summed E-state index contributed by atoms with van der Waals surface area (Å²) in [6.45, 7) is 8.35. The number of carbonyl (C=O) groups is 1. The Kier molecular flexibility index (Phi) is 7.05. The summed E-state index contributed by atoms with van der Waals surface area (Å²) in [6.07, 6.45) is 1.77. The van der Waals surface area contributed by atoms with Gasteiger partial charge in [0.25, 0.3) is 0 Å². The first-order chi connectivity index (χ1) is 15.7. The minimum atomic E-state index is -0.491. The second kappa shape index (κ2) is 9.82. The van der Waals surface area contributed by atoms with Gasteiger partial charge >= 0.3 is 6.09 Å². The molecule has 0 saturated carbocycles. The standard InChI is InChI=1S/C25H30Cl2N4O2/c1-25(2,3)33-24(32)30-12-6-7-17(15-30)14-28-23-29-21-8-4-5-9-22(21)31(23)16-18-13-19(26)10-11-20(18)27/h4-5,8-11,13,17H,6-7,12,14-16H2,1-3H3,(H,28,29)/t17-/m0/s1. The van der Waals surface area contributed by atoms with Crippen LogP contribution >= 0.6 is 23.2 Å². The first-order valence-corrected chi connectivity index (χ1v) is 12.1. The summed E-state index contributed by atoms with van der Waals surface area (Å²) < 4.78 is 7.69. The average molecular weight is 489 g/mol. The van der Waals surface area contributed by atoms with E-state index in [-0.39, 0.29) is 6.09 Å². The maximum atomic E-state index is 12.5. The lowest BCUT2D eigenvalue weighted by atomic mass is 9.98. The van der Waals surface area contributed by atoms with Crippen LogP contribution in [0.25, 0.3) is 11.0 Å². The van der Waals surface area contributed by atoms with Gasteiger partial charge in [0, 0.05) is 29.7 Å². The van der Waals surface area contributed by atoms with E-state index in [2.05, 4.69) is 16.0 Å². The Bertz CT molecular complexity index is 1140. The van der Waals surface area contributed by atoms with E-state index in [1.807, 2.05) is 56.0 Å². The highest BCUT2D eigenvalue weighted by atomic mass is 35.5. The second-order valence-electron chi connectivity index (χ2n) is 9.56. The summed E-state index contributed by atoms with van der Waals surface area (Å²) in [5.74, 6) is 1.09. The monoisotopic (exact) mass is 488 g/mol. The van der Waals surface area contributed by atoms with Gasteiger partial charge in [0.15, 0.2) is 0 Å². The maximum Gasteiger partial charge on any atom is 0.410 e. The number of imidazole rings is 1. The van der Waals surface area contributed by atoms with E-state index in [0.717, 1.165) is 41.9 Å². The number of nitrogens with zero attached hydrogens (tertiary/aromatic N) is 3. The molecule has 2 aromatic carbocycles. The summed E-state index contributed by atoms with van der Waals surface area (Å²) in [6, 6.07) is 13.5. The van der Waals surface area contributed by atoms with Crippen molar-refractivity contribution < 1.29 is 9.53 Å². The largest absolute Gasteiger partial charge is 0.444 e. The molecular formula is C25H30Cl2N4O2. The number of carbonyl (C=O) groups excluding carboxylic acids is 1. The lowest BCUT2D eigenvalue weighted by molar-refractivity contribution is 0.0172. The van der Waals surface area contributed by atoms with Gasteiger partial charge in [-0.1, -0.05) is 35.3 Å². The van der Waals surface area contributed by atoms with E-state index in [1.54, 1.807) is 6.07 Å². The van der Waals surface area contributed by atoms with Gasteiger partial charge in [-0.25, -0.2) is 9.78 Å². The van der Waals surface area contributed by atoms with Crippen molar-refractivity contribution in [3.05, 3.63) is 58.1 Å². The van der Waals surface area contributed by atoms with Gasteiger partial charge < -0.3 is 19.5 Å². The quantitative estimate of drug-likeness (QED) is 0.448. The molecule has 1 aliphatic heterocycles. The number of fused-ring (bicyclic) bond motifs is 1. The van der Waals surface area contributed by atoms with E-state index in [0.29, 0.717) is 35.6 Å². The van der Waals surface area contributed by atoms with Crippen LogP contribution in [0.2, 0.25) is 10.0 Å². The molecule has 0 unspecified atom stereocenters. The van der Waals surface area contributed by atoms with Crippen molar-refractivity contribution in [3.8, 4) is 0 Å². The molecule has 1 aliphatic rings. The third-order valence-corrected chi connectivity index (χ3v) is 6.31. The highest BCUT2D eigenvalue weighted by Crippen LogP contribution is 2.27. The molecule has 1 fully saturated rings. The van der Waals surface area contributed by atoms with Gasteiger partial charge in [-0.05, 0) is 75.4 Å². The number of benzene rings is 2. The van der Waals surface area contributed by atoms with Crippen LogP contribution < -0.4 is 5.32 Å². The lowest BCUT2D eigenvalue weighted by Gasteiger charge is -2.34. The fourth-order valence-electron chi connectivity index (χ4n) is 4.16. The summed E-state index contributed by atoms with van der Waals surface area (Å²) >= 11 is 12.7. The fraction of sp³-hybridized carbons (Fsp3) is 0.440. The van der Waals surface area contributed by atoms with E-state index < -0.39 is 5.60 Å². The molecule has 8 heteroatoms. The van der Waals surface area contributed by atoms with Crippen molar-refractivity contribution in [2.24, 2.45) is 5.92 Å². The van der Waals surface area contributed by atoms with Crippen LogP contribution in [0.15, 0.2) is 42.5 Å². The zero-order valence-electron chi connectivity index (χ0n) is 19.3. The van der Waals surface area contributed by atoms with E-state index in [4.69, 9.17) is 32.9 Å². The highest BCUT2D eigenvalue weighted by molar-refractivity contribution is 6.33. The molecule has 1 atom stereocenters. The number of likely N-dealkylation sites (tertiary alicyclic amines) is 1. The van der Waals surface area contributed by atoms with Crippen LogP contribution in [0.1, 0.15) is 39.2 Å². The topological polar surface area (TPSA) is 59.4 Å². The summed E-state index contributed by atoms with van der Waals surface area (Å²) in [5, 5.41) is 4.85. The number of piperidine rings is 1. The molecule has 1 saturated heterocycles. The summed E-state index contributed by atoms with van der Waals surface area (Å²) in [5.41, 5.74) is 2.38. The molecule has 33 heavy (non-hydrogen) atoms. The Balaban J connectivity index is 1.50. The van der Waals surface area contributed by atoms with Crippen molar-refractivity contribution in [1.29, 1.82) is 0 Å². The Hall–Kier alpha value is -2.44. The molecule has 0 bridgehead atoms. The van der Waals surface area contributed by atoms with E-state index in [9.17, 15) is 4.79 Å². The number of halogens is 2. The highest BCUT2D eigenvalue weighted by Gasteiger charge is 2.28. The van der Waals surface area contributed by atoms with Gasteiger partial charge in [0.1, 0.15) is 5.60 Å². The predicted molar refractivity (Wildman–Crippen MR) is 134 cm³/mol. The molecule has 0 aliphatic carbocycles. The molecule has 1 aromatic heterocycles. The first-order valence-electron chi connectivity index (χ1n) is 11.3. The van der Waals surface area contributed by atoms with Crippen molar-refractivity contribution in [1.82, 2.24) is 14.5 Å². The van der Waals surface area contributed by atoms with Crippen LogP contribution in [0.3, 0.4) is 0 Å².